The fourth-order valence-electron chi connectivity index (χ4n) is 0. The van der Waals surface area contributed by atoms with Crippen molar-refractivity contribution in [3.8, 4) is 0 Å². The molecule has 0 saturated carbocycles. The minimum absolute atomic E-state index is 0. The second-order valence-corrected chi connectivity index (χ2v) is 2.09. The maximum absolute atomic E-state index is 4.72. The van der Waals surface area contributed by atoms with E-state index >= 15 is 0 Å². The fraction of sp³-hybridized carbons (Fsp3) is 0.636. The van der Waals surface area contributed by atoms with Gasteiger partial charge in [-0.1, -0.05) is 47.0 Å². The molecule has 0 nitrogen and oxygen atoms in total. The maximum Gasteiger partial charge on any atom is 0 e. The first-order valence-electron chi connectivity index (χ1n) is 4.33. The summed E-state index contributed by atoms with van der Waals surface area (Å²) in [6.07, 6.45) is 6.44. The molecule has 1 radical (unpaired) electrons. The Kier molecular flexibility index (Phi) is 117. The molecule has 0 fully saturated rings. The first kappa shape index (κ1) is 29.2. The molecule has 1 unspecified atom stereocenters. The van der Waals surface area contributed by atoms with Crippen LogP contribution in [0.4, 0.5) is 0 Å². The van der Waals surface area contributed by atoms with Gasteiger partial charge < -0.3 is 25.3 Å². The van der Waals surface area contributed by atoms with Crippen molar-refractivity contribution in [2.24, 2.45) is 0 Å². The van der Waals surface area contributed by atoms with E-state index in [0.717, 1.165) is 0 Å². The molecule has 13 heavy (non-hydrogen) atoms. The molecule has 0 N–H and O–H groups in total. The summed E-state index contributed by atoms with van der Waals surface area (Å²) < 4.78 is 0. The second-order valence-electron chi connectivity index (χ2n) is 2.09. The zero-order valence-corrected chi connectivity index (χ0v) is 14.0. The normalized spacial score (nSPS) is 5.23. The Bertz CT molecular complexity index is 55.1. The van der Waals surface area contributed by atoms with Crippen LogP contribution in [0.2, 0.25) is 0 Å². The number of hydrogen-bond acceptors (Lipinski definition) is 0. The molecule has 0 aromatic carbocycles. The van der Waals surface area contributed by atoms with Crippen LogP contribution in [0, 0.1) is 13.2 Å². The van der Waals surface area contributed by atoms with Crippen LogP contribution in [0.3, 0.4) is 0 Å². The van der Waals surface area contributed by atoms with Crippen molar-refractivity contribution < 1.29 is 32.7 Å². The van der Waals surface area contributed by atoms with Gasteiger partial charge in [0, 0.05) is 32.7 Å². The summed E-state index contributed by atoms with van der Waals surface area (Å²) in [5, 5.41) is 0. The SMILES string of the molecule is CCC.CCCC.P.[CH-]=CC=[CH-].[Y]. The van der Waals surface area contributed by atoms with Gasteiger partial charge in [-0.25, -0.2) is 0 Å². The third-order valence-electron chi connectivity index (χ3n) is 0.611. The van der Waals surface area contributed by atoms with Gasteiger partial charge in [0.05, 0.1) is 0 Å². The van der Waals surface area contributed by atoms with Gasteiger partial charge in [-0.05, 0) is 0 Å². The monoisotopic (exact) mass is 277 g/mol. The molecule has 0 saturated heterocycles. The molecule has 0 amide bonds. The van der Waals surface area contributed by atoms with Crippen molar-refractivity contribution in [3.63, 3.8) is 0 Å². The average molecular weight is 277 g/mol. The molecule has 0 heterocycles. The van der Waals surface area contributed by atoms with E-state index in [-0.39, 0.29) is 42.6 Å². The van der Waals surface area contributed by atoms with Crippen LogP contribution in [0.15, 0.2) is 12.2 Å². The third kappa shape index (κ3) is 174. The Labute approximate surface area is 114 Å². The van der Waals surface area contributed by atoms with Crippen LogP contribution in [-0.4, -0.2) is 0 Å². The molecule has 0 rings (SSSR count). The minimum atomic E-state index is 0. The van der Waals surface area contributed by atoms with Crippen molar-refractivity contribution in [2.45, 2.75) is 47.0 Å². The Morgan fingerprint density at radius 2 is 1.00 bits per heavy atom. The summed E-state index contributed by atoms with van der Waals surface area (Å²) in [5.74, 6) is 0. The van der Waals surface area contributed by atoms with E-state index in [1.165, 1.54) is 31.4 Å². The quantitative estimate of drug-likeness (QED) is 0.402. The van der Waals surface area contributed by atoms with Gasteiger partial charge in [0.1, 0.15) is 0 Å². The van der Waals surface area contributed by atoms with E-state index in [1.807, 2.05) is 0 Å². The van der Waals surface area contributed by atoms with Crippen LogP contribution < -0.4 is 0 Å². The minimum Gasteiger partial charge on any atom is -0.394 e. The number of hydrogen-bond donors (Lipinski definition) is 0. The van der Waals surface area contributed by atoms with E-state index in [9.17, 15) is 0 Å². The average Bonchev–Trinajstić information content (AvgIpc) is 2.06. The largest absolute Gasteiger partial charge is 0.394 e. The Morgan fingerprint density at radius 3 is 1.00 bits per heavy atom. The Hall–Kier alpha value is 1.01. The number of allylic oxidation sites excluding steroid dienone is 2. The predicted molar refractivity (Wildman–Crippen MR) is 65.4 cm³/mol. The van der Waals surface area contributed by atoms with E-state index in [4.69, 9.17) is 13.2 Å². The van der Waals surface area contributed by atoms with E-state index in [2.05, 4.69) is 27.7 Å². The molecule has 0 spiro atoms. The van der Waals surface area contributed by atoms with Gasteiger partial charge in [0.15, 0.2) is 0 Å². The van der Waals surface area contributed by atoms with Crippen molar-refractivity contribution >= 4 is 9.90 Å². The standard InChI is InChI=1S/C4H10.C4H4.C3H8.H3P.Y/c2*1-3-4-2;1-3-2;;/h3-4H2,1-2H3;1-4H;3H2,1-2H3;1H3;/q;-2;;;. The second kappa shape index (κ2) is 51.9. The molecule has 1 atom stereocenters. The Balaban J connectivity index is -0.0000000231. The molecule has 0 aromatic heterocycles. The molecule has 79 valence electrons. The van der Waals surface area contributed by atoms with Crippen LogP contribution in [0.25, 0.3) is 0 Å². The zero-order valence-electron chi connectivity index (χ0n) is 9.72. The van der Waals surface area contributed by atoms with Crippen LogP contribution >= 0.6 is 9.90 Å². The van der Waals surface area contributed by atoms with Crippen molar-refractivity contribution in [2.75, 3.05) is 0 Å². The van der Waals surface area contributed by atoms with Gasteiger partial charge in [-0.15, -0.1) is 0 Å². The predicted octanol–water partition coefficient (Wildman–Crippen LogP) is 4.24. The summed E-state index contributed by atoms with van der Waals surface area (Å²) in [4.78, 5) is 0. The van der Waals surface area contributed by atoms with Crippen molar-refractivity contribution in [1.82, 2.24) is 0 Å². The fourth-order valence-corrected chi connectivity index (χ4v) is 0. The molecule has 0 aliphatic heterocycles. The van der Waals surface area contributed by atoms with E-state index in [0.29, 0.717) is 0 Å². The van der Waals surface area contributed by atoms with Crippen LogP contribution in [0.1, 0.15) is 47.0 Å². The van der Waals surface area contributed by atoms with Gasteiger partial charge in [0.2, 0.25) is 0 Å². The van der Waals surface area contributed by atoms with Gasteiger partial charge in [-0.3, -0.25) is 0 Å². The van der Waals surface area contributed by atoms with Gasteiger partial charge in [0.25, 0.3) is 0 Å². The van der Waals surface area contributed by atoms with Gasteiger partial charge in [-0.2, -0.15) is 9.90 Å². The first-order valence-corrected chi connectivity index (χ1v) is 4.33. The summed E-state index contributed by atoms with van der Waals surface area (Å²) in [6.45, 7) is 18.1. The molecule has 0 bridgehead atoms. The number of unbranched alkanes of at least 4 members (excludes halogenated alkanes) is 1. The van der Waals surface area contributed by atoms with E-state index in [1.54, 1.807) is 0 Å². The Morgan fingerprint density at radius 1 is 0.846 bits per heavy atom. The molecular weight excluding hydrogens is 252 g/mol. The maximum atomic E-state index is 4.72. The summed E-state index contributed by atoms with van der Waals surface area (Å²) >= 11 is 0. The molecule has 2 heteroatoms. The summed E-state index contributed by atoms with van der Waals surface area (Å²) in [7, 11) is 0. The number of rotatable bonds is 2. The molecule has 0 aliphatic carbocycles. The zero-order chi connectivity index (χ0) is 9.54. The molecular formula is C11H25PY-2. The van der Waals surface area contributed by atoms with Crippen LogP contribution in [0.5, 0.6) is 0 Å². The first-order chi connectivity index (χ1) is 5.24. The van der Waals surface area contributed by atoms with Crippen molar-refractivity contribution in [1.29, 1.82) is 0 Å². The molecule has 0 aliphatic rings. The summed E-state index contributed by atoms with van der Waals surface area (Å²) in [5.41, 5.74) is 0. The third-order valence-corrected chi connectivity index (χ3v) is 0.611. The molecule has 0 aromatic rings. The summed E-state index contributed by atoms with van der Waals surface area (Å²) in [6, 6.07) is 0. The van der Waals surface area contributed by atoms with Gasteiger partial charge >= 0.3 is 0 Å². The smallest absolute Gasteiger partial charge is 0 e. The van der Waals surface area contributed by atoms with Crippen LogP contribution in [-0.2, 0) is 32.7 Å². The topological polar surface area (TPSA) is 0 Å². The van der Waals surface area contributed by atoms with E-state index < -0.39 is 0 Å². The van der Waals surface area contributed by atoms with Crippen molar-refractivity contribution in [3.05, 3.63) is 25.3 Å².